The van der Waals surface area contributed by atoms with Crippen LogP contribution in [0.1, 0.15) is 43.0 Å². The Morgan fingerprint density at radius 3 is 2.67 bits per heavy atom. The third-order valence-electron chi connectivity index (χ3n) is 4.82. The van der Waals surface area contributed by atoms with Crippen LogP contribution in [0.15, 0.2) is 24.3 Å². The van der Waals surface area contributed by atoms with Gasteiger partial charge < -0.3 is 9.64 Å². The maximum Gasteiger partial charge on any atom is 0.329 e. The summed E-state index contributed by atoms with van der Waals surface area (Å²) in [6.07, 6.45) is 5.19. The average Bonchev–Trinajstić information content (AvgIpc) is 3.06. The number of hydrogen-bond acceptors (Lipinski definition) is 4. The van der Waals surface area contributed by atoms with Crippen LogP contribution in [0.5, 0.6) is 0 Å². The third kappa shape index (κ3) is 3.57. The first-order chi connectivity index (χ1) is 11.6. The molecule has 1 aromatic rings. The Balaban J connectivity index is 1.89. The van der Waals surface area contributed by atoms with E-state index < -0.39 is 6.04 Å². The third-order valence-corrected chi connectivity index (χ3v) is 6.37. The van der Waals surface area contributed by atoms with E-state index in [4.69, 9.17) is 16.3 Å². The van der Waals surface area contributed by atoms with E-state index >= 15 is 0 Å². The molecule has 0 radical (unpaired) electrons. The van der Waals surface area contributed by atoms with Gasteiger partial charge in [0, 0.05) is 16.7 Å². The van der Waals surface area contributed by atoms with Crippen LogP contribution in [0.4, 0.5) is 0 Å². The Hall–Kier alpha value is -1.20. The van der Waals surface area contributed by atoms with E-state index in [-0.39, 0.29) is 23.2 Å². The molecule has 1 aliphatic carbocycles. The molecule has 1 aromatic carbocycles. The van der Waals surface area contributed by atoms with Gasteiger partial charge >= 0.3 is 5.97 Å². The van der Waals surface area contributed by atoms with Crippen LogP contribution < -0.4 is 0 Å². The maximum absolute atomic E-state index is 13.2. The number of ether oxygens (including phenoxy) is 1. The number of nitrogens with zero attached hydrogens (tertiary/aromatic N) is 1. The lowest BCUT2D eigenvalue weighted by molar-refractivity contribution is -0.153. The van der Waals surface area contributed by atoms with E-state index in [1.165, 1.54) is 13.5 Å². The predicted molar refractivity (Wildman–Crippen MR) is 95.9 cm³/mol. The summed E-state index contributed by atoms with van der Waals surface area (Å²) in [5.41, 5.74) is 0.961. The fourth-order valence-corrected chi connectivity index (χ4v) is 5.18. The number of esters is 1. The Labute approximate surface area is 151 Å². The van der Waals surface area contributed by atoms with Crippen molar-refractivity contribution in [1.29, 1.82) is 0 Å². The van der Waals surface area contributed by atoms with Gasteiger partial charge in [-0.05, 0) is 30.5 Å². The molecule has 2 unspecified atom stereocenters. The Kier molecular flexibility index (Phi) is 5.72. The van der Waals surface area contributed by atoms with Crippen molar-refractivity contribution in [3.05, 3.63) is 34.9 Å². The van der Waals surface area contributed by atoms with Crippen LogP contribution in [0.25, 0.3) is 0 Å². The van der Waals surface area contributed by atoms with Crippen molar-refractivity contribution in [2.45, 2.75) is 43.5 Å². The molecule has 3 rings (SSSR count). The molecule has 0 bridgehead atoms. The molecule has 1 amide bonds. The molecule has 0 spiro atoms. The number of halogens is 1. The number of carbonyl (C=O) groups is 2. The summed E-state index contributed by atoms with van der Waals surface area (Å²) >= 11 is 7.72. The highest BCUT2D eigenvalue weighted by Gasteiger charge is 2.44. The number of amides is 1. The molecule has 1 aliphatic heterocycles. The molecule has 0 N–H and O–H groups in total. The summed E-state index contributed by atoms with van der Waals surface area (Å²) in [4.78, 5) is 27.1. The van der Waals surface area contributed by atoms with E-state index in [0.29, 0.717) is 10.8 Å². The summed E-state index contributed by atoms with van der Waals surface area (Å²) in [7, 11) is 1.38. The van der Waals surface area contributed by atoms with Gasteiger partial charge in [0.05, 0.1) is 7.11 Å². The lowest BCUT2D eigenvalue weighted by Crippen LogP contribution is -2.46. The van der Waals surface area contributed by atoms with Crippen LogP contribution >= 0.6 is 23.4 Å². The standard InChI is InChI=1S/C18H22ClNO3S/c1-23-18(22)15-11-24-17(13-8-5-9-14(19)10-13)20(15)16(21)12-6-3-2-4-7-12/h5,8-10,12,15,17H,2-4,6-7,11H2,1H3. The van der Waals surface area contributed by atoms with Gasteiger partial charge in [-0.3, -0.25) is 4.79 Å². The quantitative estimate of drug-likeness (QED) is 0.756. The van der Waals surface area contributed by atoms with Crippen molar-refractivity contribution in [1.82, 2.24) is 4.90 Å². The van der Waals surface area contributed by atoms with Crippen molar-refractivity contribution in [2.24, 2.45) is 5.92 Å². The molecule has 24 heavy (non-hydrogen) atoms. The van der Waals surface area contributed by atoms with E-state index in [0.717, 1.165) is 31.2 Å². The second kappa shape index (κ2) is 7.79. The molecule has 2 aliphatic rings. The summed E-state index contributed by atoms with van der Waals surface area (Å²) in [6, 6.07) is 7.02. The van der Waals surface area contributed by atoms with Gasteiger partial charge in [-0.15, -0.1) is 11.8 Å². The fraction of sp³-hybridized carbons (Fsp3) is 0.556. The van der Waals surface area contributed by atoms with Crippen molar-refractivity contribution in [2.75, 3.05) is 12.9 Å². The smallest absolute Gasteiger partial charge is 0.329 e. The Morgan fingerprint density at radius 2 is 2.00 bits per heavy atom. The van der Waals surface area contributed by atoms with Crippen LogP contribution in [0.3, 0.4) is 0 Å². The molecule has 130 valence electrons. The molecule has 1 saturated carbocycles. The highest BCUT2D eigenvalue weighted by Crippen LogP contribution is 2.44. The van der Waals surface area contributed by atoms with Crippen molar-refractivity contribution in [3.63, 3.8) is 0 Å². The molecule has 4 nitrogen and oxygen atoms in total. The summed E-state index contributed by atoms with van der Waals surface area (Å²) in [6.45, 7) is 0. The van der Waals surface area contributed by atoms with Crippen LogP contribution in [0, 0.1) is 5.92 Å². The molecule has 0 aromatic heterocycles. The highest BCUT2D eigenvalue weighted by molar-refractivity contribution is 7.99. The monoisotopic (exact) mass is 367 g/mol. The summed E-state index contributed by atoms with van der Waals surface area (Å²) in [5.74, 6) is 0.324. The zero-order valence-electron chi connectivity index (χ0n) is 13.7. The fourth-order valence-electron chi connectivity index (χ4n) is 3.57. The minimum Gasteiger partial charge on any atom is -0.467 e. The molecular formula is C18H22ClNO3S. The Morgan fingerprint density at radius 1 is 1.25 bits per heavy atom. The molecule has 1 heterocycles. The largest absolute Gasteiger partial charge is 0.467 e. The van der Waals surface area contributed by atoms with E-state index in [1.54, 1.807) is 16.7 Å². The van der Waals surface area contributed by atoms with Gasteiger partial charge in [-0.1, -0.05) is 43.0 Å². The van der Waals surface area contributed by atoms with Gasteiger partial charge in [-0.25, -0.2) is 4.79 Å². The molecule has 2 atom stereocenters. The molecular weight excluding hydrogens is 346 g/mol. The molecule has 1 saturated heterocycles. The van der Waals surface area contributed by atoms with Gasteiger partial charge in [-0.2, -0.15) is 0 Å². The van der Waals surface area contributed by atoms with Crippen LogP contribution in [0.2, 0.25) is 5.02 Å². The van der Waals surface area contributed by atoms with E-state index in [9.17, 15) is 9.59 Å². The average molecular weight is 368 g/mol. The first kappa shape index (κ1) is 17.6. The Bertz CT molecular complexity index is 618. The zero-order valence-corrected chi connectivity index (χ0v) is 15.3. The number of hydrogen-bond donors (Lipinski definition) is 0. The minimum atomic E-state index is -0.515. The summed E-state index contributed by atoms with van der Waals surface area (Å²) in [5, 5.41) is 0.460. The number of carbonyl (C=O) groups excluding carboxylic acids is 2. The predicted octanol–water partition coefficient (Wildman–Crippen LogP) is 4.04. The van der Waals surface area contributed by atoms with Gasteiger partial charge in [0.15, 0.2) is 0 Å². The lowest BCUT2D eigenvalue weighted by atomic mass is 9.88. The van der Waals surface area contributed by atoms with Crippen LogP contribution in [-0.2, 0) is 14.3 Å². The van der Waals surface area contributed by atoms with Gasteiger partial charge in [0.1, 0.15) is 11.4 Å². The minimum absolute atomic E-state index is 0.0197. The van der Waals surface area contributed by atoms with Crippen molar-refractivity contribution in [3.8, 4) is 0 Å². The second-order valence-corrected chi connectivity index (χ2v) is 7.91. The lowest BCUT2D eigenvalue weighted by Gasteiger charge is -2.33. The topological polar surface area (TPSA) is 46.6 Å². The summed E-state index contributed by atoms with van der Waals surface area (Å²) < 4.78 is 4.94. The highest BCUT2D eigenvalue weighted by atomic mass is 35.5. The maximum atomic E-state index is 13.2. The van der Waals surface area contributed by atoms with Crippen molar-refractivity contribution < 1.29 is 14.3 Å². The van der Waals surface area contributed by atoms with E-state index in [2.05, 4.69) is 0 Å². The van der Waals surface area contributed by atoms with Crippen LogP contribution in [-0.4, -0.2) is 35.7 Å². The first-order valence-electron chi connectivity index (χ1n) is 8.39. The van der Waals surface area contributed by atoms with E-state index in [1.807, 2.05) is 24.3 Å². The molecule has 6 heteroatoms. The van der Waals surface area contributed by atoms with Gasteiger partial charge in [0.25, 0.3) is 0 Å². The first-order valence-corrected chi connectivity index (χ1v) is 9.81. The van der Waals surface area contributed by atoms with Crippen molar-refractivity contribution >= 4 is 35.2 Å². The number of thioether (sulfide) groups is 1. The number of methoxy groups -OCH3 is 1. The molecule has 2 fully saturated rings. The normalized spacial score (nSPS) is 24.8. The number of benzene rings is 1. The second-order valence-electron chi connectivity index (χ2n) is 6.36. The SMILES string of the molecule is COC(=O)C1CSC(c2cccc(Cl)c2)N1C(=O)C1CCCCC1. The zero-order chi connectivity index (χ0) is 17.1. The number of rotatable bonds is 3. The van der Waals surface area contributed by atoms with Gasteiger partial charge in [0.2, 0.25) is 5.91 Å².